The van der Waals surface area contributed by atoms with E-state index in [9.17, 15) is 4.79 Å². The quantitative estimate of drug-likeness (QED) is 0.549. The molecule has 1 atom stereocenters. The Kier molecular flexibility index (Phi) is 3.72. The van der Waals surface area contributed by atoms with Crippen molar-refractivity contribution in [3.05, 3.63) is 12.2 Å². The number of rotatable bonds is 3. The minimum atomic E-state index is -0.207. The van der Waals surface area contributed by atoms with Gasteiger partial charge in [0.25, 0.3) is 0 Å². The van der Waals surface area contributed by atoms with E-state index in [1.54, 1.807) is 13.8 Å². The molecule has 10 heavy (non-hydrogen) atoms. The highest BCUT2D eigenvalue weighted by Gasteiger charge is 2.04. The monoisotopic (exact) mass is 143 g/mol. The highest BCUT2D eigenvalue weighted by atomic mass is 16.3. The lowest BCUT2D eigenvalue weighted by atomic mass is 10.3. The first-order valence-corrected chi connectivity index (χ1v) is 3.15. The third kappa shape index (κ3) is 3.25. The third-order valence-electron chi connectivity index (χ3n) is 1.04. The molecule has 0 aromatic carbocycles. The average molecular weight is 143 g/mol. The van der Waals surface area contributed by atoms with Gasteiger partial charge in [-0.3, -0.25) is 4.79 Å². The summed E-state index contributed by atoms with van der Waals surface area (Å²) < 4.78 is 0. The number of hydrogen-bond acceptors (Lipinski definition) is 2. The Bertz CT molecular complexity index is 143. The van der Waals surface area contributed by atoms with Gasteiger partial charge in [-0.05, 0) is 13.8 Å². The predicted molar refractivity (Wildman–Crippen MR) is 39.5 cm³/mol. The fourth-order valence-corrected chi connectivity index (χ4v) is 0.393. The zero-order valence-corrected chi connectivity index (χ0v) is 6.35. The summed E-state index contributed by atoms with van der Waals surface area (Å²) in [7, 11) is 0. The summed E-state index contributed by atoms with van der Waals surface area (Å²) in [4.78, 5) is 10.8. The Morgan fingerprint density at radius 3 is 2.60 bits per heavy atom. The van der Waals surface area contributed by atoms with Crippen LogP contribution in [0.5, 0.6) is 0 Å². The summed E-state index contributed by atoms with van der Waals surface area (Å²) >= 11 is 0. The van der Waals surface area contributed by atoms with Crippen molar-refractivity contribution >= 4 is 5.91 Å². The molecular formula is C7H13NO2. The summed E-state index contributed by atoms with van der Waals surface area (Å²) in [5, 5.41) is 11.1. The van der Waals surface area contributed by atoms with E-state index >= 15 is 0 Å². The van der Waals surface area contributed by atoms with Crippen LogP contribution in [0.1, 0.15) is 13.8 Å². The lowest BCUT2D eigenvalue weighted by molar-refractivity contribution is -0.118. The molecule has 0 bridgehead atoms. The number of amides is 1. The summed E-state index contributed by atoms with van der Waals surface area (Å²) in [6.07, 6.45) is 0. The van der Waals surface area contributed by atoms with Crippen LogP contribution < -0.4 is 5.32 Å². The summed E-state index contributed by atoms with van der Waals surface area (Å²) in [5.74, 6) is -0.207. The molecule has 0 aromatic rings. The molecule has 3 nitrogen and oxygen atoms in total. The van der Waals surface area contributed by atoms with Crippen LogP contribution in [0.2, 0.25) is 0 Å². The lowest BCUT2D eigenvalue weighted by Gasteiger charge is -2.09. The Labute approximate surface area is 60.7 Å². The number of carbonyl (C=O) groups excluding carboxylic acids is 1. The van der Waals surface area contributed by atoms with E-state index in [0.717, 1.165) is 0 Å². The van der Waals surface area contributed by atoms with Gasteiger partial charge in [-0.1, -0.05) is 6.58 Å². The van der Waals surface area contributed by atoms with Crippen LogP contribution >= 0.6 is 0 Å². The van der Waals surface area contributed by atoms with Gasteiger partial charge in [0.05, 0.1) is 6.61 Å². The van der Waals surface area contributed by atoms with Gasteiger partial charge in [0.1, 0.15) is 0 Å². The van der Waals surface area contributed by atoms with Crippen LogP contribution in [0.15, 0.2) is 12.2 Å². The molecule has 0 saturated carbocycles. The molecular weight excluding hydrogens is 130 g/mol. The van der Waals surface area contributed by atoms with Crippen molar-refractivity contribution < 1.29 is 9.90 Å². The van der Waals surface area contributed by atoms with Crippen molar-refractivity contribution in [1.29, 1.82) is 0 Å². The van der Waals surface area contributed by atoms with Gasteiger partial charge in [0.2, 0.25) is 5.91 Å². The lowest BCUT2D eigenvalue weighted by Crippen LogP contribution is -2.35. The van der Waals surface area contributed by atoms with Crippen LogP contribution in [0.25, 0.3) is 0 Å². The van der Waals surface area contributed by atoms with E-state index in [1.165, 1.54) is 0 Å². The second kappa shape index (κ2) is 4.06. The van der Waals surface area contributed by atoms with Crippen molar-refractivity contribution in [3.63, 3.8) is 0 Å². The van der Waals surface area contributed by atoms with E-state index < -0.39 is 0 Å². The van der Waals surface area contributed by atoms with Crippen molar-refractivity contribution in [1.82, 2.24) is 5.32 Å². The standard InChI is InChI=1S/C7H13NO2/c1-5(2)7(10)8-6(3)4-9/h6,9H,1,4H2,2-3H3,(H,8,10). The van der Waals surface area contributed by atoms with E-state index in [4.69, 9.17) is 5.11 Å². The molecule has 0 rings (SSSR count). The normalized spacial score (nSPS) is 12.3. The van der Waals surface area contributed by atoms with Gasteiger partial charge in [-0.15, -0.1) is 0 Å². The number of hydrogen-bond donors (Lipinski definition) is 2. The minimum Gasteiger partial charge on any atom is -0.394 e. The van der Waals surface area contributed by atoms with Crippen molar-refractivity contribution in [2.45, 2.75) is 19.9 Å². The maximum absolute atomic E-state index is 10.8. The molecule has 0 saturated heterocycles. The fourth-order valence-electron chi connectivity index (χ4n) is 0.393. The van der Waals surface area contributed by atoms with Crippen LogP contribution in [-0.4, -0.2) is 23.7 Å². The second-order valence-electron chi connectivity index (χ2n) is 2.34. The molecule has 0 heterocycles. The van der Waals surface area contributed by atoms with Crippen LogP contribution in [0.3, 0.4) is 0 Å². The molecule has 3 heteroatoms. The Morgan fingerprint density at radius 1 is 1.80 bits per heavy atom. The number of nitrogens with one attached hydrogen (secondary N) is 1. The molecule has 58 valence electrons. The van der Waals surface area contributed by atoms with Crippen LogP contribution in [0, 0.1) is 0 Å². The van der Waals surface area contributed by atoms with Gasteiger partial charge in [0.15, 0.2) is 0 Å². The Hall–Kier alpha value is -0.830. The van der Waals surface area contributed by atoms with E-state index in [1.807, 2.05) is 0 Å². The number of aliphatic hydroxyl groups is 1. The van der Waals surface area contributed by atoms with Crippen molar-refractivity contribution in [2.24, 2.45) is 0 Å². The maximum atomic E-state index is 10.8. The second-order valence-corrected chi connectivity index (χ2v) is 2.34. The summed E-state index contributed by atoms with van der Waals surface area (Å²) in [5.41, 5.74) is 0.459. The Balaban J connectivity index is 3.68. The molecule has 1 unspecified atom stereocenters. The van der Waals surface area contributed by atoms with E-state index in [2.05, 4.69) is 11.9 Å². The van der Waals surface area contributed by atoms with Gasteiger partial charge >= 0.3 is 0 Å². The molecule has 0 fully saturated rings. The largest absolute Gasteiger partial charge is 0.394 e. The Morgan fingerprint density at radius 2 is 2.30 bits per heavy atom. The van der Waals surface area contributed by atoms with E-state index in [-0.39, 0.29) is 18.6 Å². The highest BCUT2D eigenvalue weighted by Crippen LogP contribution is 1.87. The van der Waals surface area contributed by atoms with E-state index in [0.29, 0.717) is 5.57 Å². The summed E-state index contributed by atoms with van der Waals surface area (Å²) in [6.45, 7) is 6.75. The van der Waals surface area contributed by atoms with Gasteiger partial charge in [0, 0.05) is 11.6 Å². The van der Waals surface area contributed by atoms with Gasteiger partial charge in [-0.2, -0.15) is 0 Å². The highest BCUT2D eigenvalue weighted by molar-refractivity contribution is 5.92. The fraction of sp³-hybridized carbons (Fsp3) is 0.571. The molecule has 0 aliphatic heterocycles. The van der Waals surface area contributed by atoms with Crippen LogP contribution in [0.4, 0.5) is 0 Å². The first kappa shape index (κ1) is 9.17. The maximum Gasteiger partial charge on any atom is 0.246 e. The van der Waals surface area contributed by atoms with Gasteiger partial charge in [-0.25, -0.2) is 0 Å². The number of carbonyl (C=O) groups is 1. The molecule has 0 radical (unpaired) electrons. The molecule has 0 aromatic heterocycles. The molecule has 1 amide bonds. The predicted octanol–water partition coefficient (Wildman–Crippen LogP) is 0.0595. The first-order chi connectivity index (χ1) is 4.57. The SMILES string of the molecule is C=C(C)C(=O)NC(C)CO. The number of aliphatic hydroxyl groups excluding tert-OH is 1. The molecule has 2 N–H and O–H groups in total. The molecule has 0 aliphatic carbocycles. The molecule has 0 aliphatic rings. The summed E-state index contributed by atoms with van der Waals surface area (Å²) in [6, 6.07) is -0.191. The van der Waals surface area contributed by atoms with Crippen LogP contribution in [-0.2, 0) is 4.79 Å². The average Bonchev–Trinajstić information content (AvgIpc) is 1.87. The van der Waals surface area contributed by atoms with Crippen molar-refractivity contribution in [3.8, 4) is 0 Å². The smallest absolute Gasteiger partial charge is 0.246 e. The van der Waals surface area contributed by atoms with Crippen molar-refractivity contribution in [2.75, 3.05) is 6.61 Å². The minimum absolute atomic E-state index is 0.0426. The topological polar surface area (TPSA) is 49.3 Å². The third-order valence-corrected chi connectivity index (χ3v) is 1.04. The molecule has 0 spiro atoms. The first-order valence-electron chi connectivity index (χ1n) is 3.15. The van der Waals surface area contributed by atoms with Gasteiger partial charge < -0.3 is 10.4 Å². The zero-order chi connectivity index (χ0) is 8.15. The zero-order valence-electron chi connectivity index (χ0n) is 6.35.